The summed E-state index contributed by atoms with van der Waals surface area (Å²) in [6.45, 7) is 3.98. The van der Waals surface area contributed by atoms with Gasteiger partial charge in [0.15, 0.2) is 0 Å². The molecule has 0 bridgehead atoms. The second kappa shape index (κ2) is 5.29. The Balaban J connectivity index is 4.14. The van der Waals surface area contributed by atoms with Gasteiger partial charge >= 0.3 is 7.75 Å². The van der Waals surface area contributed by atoms with Crippen LogP contribution < -0.4 is 5.73 Å². The van der Waals surface area contributed by atoms with Gasteiger partial charge in [-0.1, -0.05) is 0 Å². The van der Waals surface area contributed by atoms with Crippen molar-refractivity contribution in [3.63, 3.8) is 0 Å². The molecule has 0 atom stereocenters. The molecule has 0 aliphatic rings. The van der Waals surface area contributed by atoms with E-state index in [1.807, 2.05) is 0 Å². The summed E-state index contributed by atoms with van der Waals surface area (Å²) >= 11 is 0. The van der Waals surface area contributed by atoms with Crippen molar-refractivity contribution in [3.8, 4) is 0 Å². The number of rotatable bonds is 5. The Morgan fingerprint density at radius 2 is 1.91 bits per heavy atom. The largest absolute Gasteiger partial charge is 0.455 e. The Hall–Kier alpha value is -0.380. The SMILES string of the molecule is CCOP(=O)(/N=C\N)OCC. The highest BCUT2D eigenvalue weighted by molar-refractivity contribution is 7.52. The van der Waals surface area contributed by atoms with Crippen LogP contribution in [-0.2, 0) is 13.6 Å². The van der Waals surface area contributed by atoms with Gasteiger partial charge in [0.2, 0.25) is 0 Å². The fourth-order valence-corrected chi connectivity index (χ4v) is 1.54. The van der Waals surface area contributed by atoms with Gasteiger partial charge < -0.3 is 5.73 Å². The number of hydrogen-bond donors (Lipinski definition) is 1. The first-order chi connectivity index (χ1) is 5.18. The molecule has 0 amide bonds. The van der Waals surface area contributed by atoms with E-state index in [-0.39, 0.29) is 13.2 Å². The molecule has 11 heavy (non-hydrogen) atoms. The van der Waals surface area contributed by atoms with Gasteiger partial charge in [0.25, 0.3) is 0 Å². The van der Waals surface area contributed by atoms with Crippen LogP contribution in [0, 0.1) is 0 Å². The Bertz CT molecular complexity index is 161. The Morgan fingerprint density at radius 3 is 2.18 bits per heavy atom. The van der Waals surface area contributed by atoms with Crippen molar-refractivity contribution in [2.24, 2.45) is 10.5 Å². The average molecular weight is 180 g/mol. The molecule has 0 aliphatic carbocycles. The summed E-state index contributed by atoms with van der Waals surface area (Å²) in [7, 11) is -3.27. The predicted octanol–water partition coefficient (Wildman–Crippen LogP) is 1.15. The van der Waals surface area contributed by atoms with E-state index in [2.05, 4.69) is 4.76 Å². The molecule has 0 saturated heterocycles. The van der Waals surface area contributed by atoms with Gasteiger partial charge in [-0.2, -0.15) is 4.76 Å². The number of nitrogens with zero attached hydrogens (tertiary/aromatic N) is 1. The zero-order valence-corrected chi connectivity index (χ0v) is 7.58. The molecule has 0 unspecified atom stereocenters. The summed E-state index contributed by atoms with van der Waals surface area (Å²) < 4.78 is 24.2. The second-order valence-corrected chi connectivity index (χ2v) is 3.25. The van der Waals surface area contributed by atoms with Crippen LogP contribution in [0.1, 0.15) is 13.8 Å². The smallest absolute Gasteiger partial charge is 0.390 e. The zero-order chi connectivity index (χ0) is 8.74. The molecule has 6 heteroatoms. The summed E-state index contributed by atoms with van der Waals surface area (Å²) in [6, 6.07) is 0. The van der Waals surface area contributed by atoms with Crippen molar-refractivity contribution in [2.45, 2.75) is 13.8 Å². The van der Waals surface area contributed by atoms with Crippen LogP contribution in [0.3, 0.4) is 0 Å². The van der Waals surface area contributed by atoms with Gasteiger partial charge in [-0.25, -0.2) is 4.57 Å². The molecule has 0 heterocycles. The third kappa shape index (κ3) is 4.14. The van der Waals surface area contributed by atoms with Crippen LogP contribution in [0.4, 0.5) is 0 Å². The van der Waals surface area contributed by atoms with Crippen LogP contribution >= 0.6 is 7.75 Å². The van der Waals surface area contributed by atoms with E-state index >= 15 is 0 Å². The van der Waals surface area contributed by atoms with Crippen molar-refractivity contribution in [1.82, 2.24) is 0 Å². The lowest BCUT2D eigenvalue weighted by atomic mass is 10.9. The molecule has 0 rings (SSSR count). The molecule has 0 aromatic heterocycles. The van der Waals surface area contributed by atoms with E-state index in [0.29, 0.717) is 0 Å². The Kier molecular flexibility index (Phi) is 5.11. The van der Waals surface area contributed by atoms with Crippen molar-refractivity contribution < 1.29 is 13.6 Å². The average Bonchev–Trinajstić information content (AvgIpc) is 1.88. The van der Waals surface area contributed by atoms with Gasteiger partial charge in [-0.3, -0.25) is 9.05 Å². The molecular weight excluding hydrogens is 167 g/mol. The third-order valence-electron chi connectivity index (χ3n) is 0.793. The second-order valence-electron chi connectivity index (χ2n) is 1.57. The molecule has 0 aliphatic heterocycles. The third-order valence-corrected chi connectivity index (χ3v) is 2.38. The van der Waals surface area contributed by atoms with Crippen molar-refractivity contribution in [3.05, 3.63) is 0 Å². The maximum atomic E-state index is 11.3. The lowest BCUT2D eigenvalue weighted by molar-refractivity contribution is 0.221. The van der Waals surface area contributed by atoms with E-state index in [1.165, 1.54) is 0 Å². The standard InChI is InChI=1S/C5H13N2O3P/c1-3-9-11(8,7-5-6)10-4-2/h5H,3-4H2,1-2H3,(H2,6,7,8). The minimum atomic E-state index is -3.27. The van der Waals surface area contributed by atoms with Gasteiger partial charge in [0.1, 0.15) is 0 Å². The Labute approximate surface area is 66.2 Å². The number of nitrogens with two attached hydrogens (primary N) is 1. The lowest BCUT2D eigenvalue weighted by Crippen LogP contribution is -1.96. The molecule has 0 spiro atoms. The summed E-state index contributed by atoms with van der Waals surface area (Å²) in [5.41, 5.74) is 4.95. The Morgan fingerprint density at radius 1 is 1.45 bits per heavy atom. The molecule has 0 aromatic carbocycles. The molecule has 0 radical (unpaired) electrons. The predicted molar refractivity (Wildman–Crippen MR) is 43.5 cm³/mol. The molecule has 2 N–H and O–H groups in total. The summed E-state index contributed by atoms with van der Waals surface area (Å²) in [6.07, 6.45) is 0.923. The first-order valence-electron chi connectivity index (χ1n) is 3.33. The van der Waals surface area contributed by atoms with Gasteiger partial charge in [0, 0.05) is 0 Å². The van der Waals surface area contributed by atoms with Crippen molar-refractivity contribution in [2.75, 3.05) is 13.2 Å². The molecule has 66 valence electrons. The van der Waals surface area contributed by atoms with E-state index in [0.717, 1.165) is 6.34 Å². The first kappa shape index (κ1) is 10.6. The quantitative estimate of drug-likeness (QED) is 0.391. The molecule has 0 fully saturated rings. The van der Waals surface area contributed by atoms with Crippen LogP contribution in [0.15, 0.2) is 4.76 Å². The molecule has 0 saturated carbocycles. The monoisotopic (exact) mass is 180 g/mol. The normalized spacial score (nSPS) is 12.5. The molecule has 5 nitrogen and oxygen atoms in total. The zero-order valence-electron chi connectivity index (χ0n) is 6.69. The summed E-state index contributed by atoms with van der Waals surface area (Å²) in [5, 5.41) is 0. The maximum absolute atomic E-state index is 11.3. The van der Waals surface area contributed by atoms with E-state index in [9.17, 15) is 4.57 Å². The van der Waals surface area contributed by atoms with Crippen LogP contribution in [-0.4, -0.2) is 19.6 Å². The maximum Gasteiger partial charge on any atom is 0.455 e. The minimum absolute atomic E-state index is 0.286. The molecule has 0 aromatic rings. The topological polar surface area (TPSA) is 73.9 Å². The minimum Gasteiger partial charge on any atom is -0.390 e. The van der Waals surface area contributed by atoms with Crippen molar-refractivity contribution >= 4 is 14.1 Å². The fraction of sp³-hybridized carbons (Fsp3) is 0.800. The number of hydrogen-bond acceptors (Lipinski definition) is 3. The van der Waals surface area contributed by atoms with Gasteiger partial charge in [-0.15, -0.1) is 0 Å². The summed E-state index contributed by atoms with van der Waals surface area (Å²) in [4.78, 5) is 0. The van der Waals surface area contributed by atoms with Gasteiger partial charge in [0.05, 0.1) is 19.6 Å². The van der Waals surface area contributed by atoms with E-state index in [1.54, 1.807) is 13.8 Å². The highest BCUT2D eigenvalue weighted by atomic mass is 31.2. The highest BCUT2D eigenvalue weighted by Gasteiger charge is 2.20. The van der Waals surface area contributed by atoms with Gasteiger partial charge in [-0.05, 0) is 13.8 Å². The lowest BCUT2D eigenvalue weighted by Gasteiger charge is -2.09. The fourth-order valence-electron chi connectivity index (χ4n) is 0.512. The van der Waals surface area contributed by atoms with Crippen LogP contribution in [0.25, 0.3) is 0 Å². The van der Waals surface area contributed by atoms with E-state index in [4.69, 9.17) is 14.8 Å². The van der Waals surface area contributed by atoms with Crippen LogP contribution in [0.5, 0.6) is 0 Å². The van der Waals surface area contributed by atoms with E-state index < -0.39 is 7.75 Å². The highest BCUT2D eigenvalue weighted by Crippen LogP contribution is 2.48. The van der Waals surface area contributed by atoms with Crippen LogP contribution in [0.2, 0.25) is 0 Å². The first-order valence-corrected chi connectivity index (χ1v) is 4.83. The molecular formula is C5H13N2O3P. The van der Waals surface area contributed by atoms with Crippen molar-refractivity contribution in [1.29, 1.82) is 0 Å². The summed E-state index contributed by atoms with van der Waals surface area (Å²) in [5.74, 6) is 0.